The van der Waals surface area contributed by atoms with E-state index in [1.165, 1.54) is 18.5 Å². The summed E-state index contributed by atoms with van der Waals surface area (Å²) in [6.45, 7) is 1.61. The van der Waals surface area contributed by atoms with Crippen molar-refractivity contribution < 1.29 is 9.47 Å². The van der Waals surface area contributed by atoms with Gasteiger partial charge < -0.3 is 14.0 Å². The minimum Gasteiger partial charge on any atom is -0.497 e. The monoisotopic (exact) mass is 258 g/mol. The van der Waals surface area contributed by atoms with Gasteiger partial charge in [-0.25, -0.2) is 4.98 Å². The number of imidazole rings is 1. The van der Waals surface area contributed by atoms with Gasteiger partial charge in [-0.1, -0.05) is 6.07 Å². The Morgan fingerprint density at radius 1 is 1.26 bits per heavy atom. The Hall–Kier alpha value is -1.97. The lowest BCUT2D eigenvalue weighted by atomic mass is 10.1. The van der Waals surface area contributed by atoms with Crippen LogP contribution in [0.5, 0.6) is 11.5 Å². The van der Waals surface area contributed by atoms with E-state index in [9.17, 15) is 0 Å². The molecule has 0 radical (unpaired) electrons. The van der Waals surface area contributed by atoms with Crippen molar-refractivity contribution in [3.63, 3.8) is 0 Å². The highest BCUT2D eigenvalue weighted by Gasteiger charge is 2.14. The first-order valence-corrected chi connectivity index (χ1v) is 6.66. The highest BCUT2D eigenvalue weighted by atomic mass is 16.5. The number of aryl methyl sites for hydroxylation is 1. The van der Waals surface area contributed by atoms with E-state index in [1.54, 1.807) is 7.11 Å². The quantitative estimate of drug-likeness (QED) is 0.846. The Labute approximate surface area is 113 Å². The molecule has 2 heterocycles. The van der Waals surface area contributed by atoms with Crippen molar-refractivity contribution in [3.8, 4) is 11.5 Å². The summed E-state index contributed by atoms with van der Waals surface area (Å²) in [7, 11) is 1.66. The van der Waals surface area contributed by atoms with Crippen molar-refractivity contribution in [3.05, 3.63) is 42.0 Å². The van der Waals surface area contributed by atoms with Crippen LogP contribution in [0.1, 0.15) is 24.2 Å². The van der Waals surface area contributed by atoms with Crippen molar-refractivity contribution in [2.45, 2.75) is 32.4 Å². The first-order chi connectivity index (χ1) is 9.36. The standard InChI is InChI=1S/C15H18N2O2/c1-18-12-5-4-6-13(9-12)19-10-14-15-7-2-3-8-17(15)11-16-14/h4-6,9,11H,2-3,7-8,10H2,1H3. The maximum atomic E-state index is 5.80. The Balaban J connectivity index is 1.70. The molecule has 4 heteroatoms. The molecule has 1 aliphatic rings. The molecule has 1 aliphatic heterocycles. The highest BCUT2D eigenvalue weighted by Crippen LogP contribution is 2.22. The molecule has 0 unspecified atom stereocenters. The maximum Gasteiger partial charge on any atom is 0.132 e. The zero-order valence-corrected chi connectivity index (χ0v) is 11.1. The van der Waals surface area contributed by atoms with Gasteiger partial charge in [-0.05, 0) is 31.4 Å². The number of fused-ring (bicyclic) bond motifs is 1. The van der Waals surface area contributed by atoms with Crippen LogP contribution in [0.15, 0.2) is 30.6 Å². The molecule has 100 valence electrons. The first-order valence-electron chi connectivity index (χ1n) is 6.66. The van der Waals surface area contributed by atoms with Gasteiger partial charge in [0.15, 0.2) is 0 Å². The number of hydrogen-bond acceptors (Lipinski definition) is 3. The largest absolute Gasteiger partial charge is 0.497 e. The minimum absolute atomic E-state index is 0.523. The molecule has 0 spiro atoms. The van der Waals surface area contributed by atoms with E-state index in [-0.39, 0.29) is 0 Å². The Morgan fingerprint density at radius 3 is 3.05 bits per heavy atom. The SMILES string of the molecule is COc1cccc(OCc2ncn3c2CCCC3)c1. The summed E-state index contributed by atoms with van der Waals surface area (Å²) >= 11 is 0. The lowest BCUT2D eigenvalue weighted by molar-refractivity contribution is 0.297. The van der Waals surface area contributed by atoms with Crippen molar-refractivity contribution in [1.29, 1.82) is 0 Å². The van der Waals surface area contributed by atoms with Crippen molar-refractivity contribution in [2.75, 3.05) is 7.11 Å². The van der Waals surface area contributed by atoms with Gasteiger partial charge in [0.05, 0.1) is 19.1 Å². The fraction of sp³-hybridized carbons (Fsp3) is 0.400. The van der Waals surface area contributed by atoms with E-state index in [4.69, 9.17) is 9.47 Å². The van der Waals surface area contributed by atoms with Crippen LogP contribution < -0.4 is 9.47 Å². The summed E-state index contributed by atoms with van der Waals surface area (Å²) < 4.78 is 13.2. The van der Waals surface area contributed by atoms with Gasteiger partial charge in [0.2, 0.25) is 0 Å². The smallest absolute Gasteiger partial charge is 0.132 e. The number of methoxy groups -OCH3 is 1. The molecule has 0 amide bonds. The Kier molecular flexibility index (Phi) is 3.40. The number of rotatable bonds is 4. The Bertz CT molecular complexity index is 563. The summed E-state index contributed by atoms with van der Waals surface area (Å²) in [5, 5.41) is 0. The van der Waals surface area contributed by atoms with Gasteiger partial charge in [-0.2, -0.15) is 0 Å². The second kappa shape index (κ2) is 5.34. The molecule has 0 bridgehead atoms. The van der Waals surface area contributed by atoms with E-state index >= 15 is 0 Å². The van der Waals surface area contributed by atoms with Crippen molar-refractivity contribution >= 4 is 0 Å². The van der Waals surface area contributed by atoms with E-state index in [2.05, 4.69) is 9.55 Å². The highest BCUT2D eigenvalue weighted by molar-refractivity contribution is 5.33. The fourth-order valence-corrected chi connectivity index (χ4v) is 2.47. The third-order valence-corrected chi connectivity index (χ3v) is 3.51. The predicted octanol–water partition coefficient (Wildman–Crippen LogP) is 2.81. The summed E-state index contributed by atoms with van der Waals surface area (Å²) in [6, 6.07) is 7.66. The van der Waals surface area contributed by atoms with E-state index < -0.39 is 0 Å². The van der Waals surface area contributed by atoms with Crippen LogP contribution in [0.25, 0.3) is 0 Å². The number of aromatic nitrogens is 2. The van der Waals surface area contributed by atoms with Gasteiger partial charge >= 0.3 is 0 Å². The lowest BCUT2D eigenvalue weighted by Gasteiger charge is -2.15. The van der Waals surface area contributed by atoms with Crippen LogP contribution in [0.3, 0.4) is 0 Å². The first kappa shape index (κ1) is 12.1. The summed E-state index contributed by atoms with van der Waals surface area (Å²) in [5.41, 5.74) is 2.39. The van der Waals surface area contributed by atoms with Crippen LogP contribution in [0.4, 0.5) is 0 Å². The van der Waals surface area contributed by atoms with Crippen LogP contribution in [-0.2, 0) is 19.6 Å². The zero-order chi connectivity index (χ0) is 13.1. The molecule has 2 aromatic rings. The number of hydrogen-bond donors (Lipinski definition) is 0. The van der Waals surface area contributed by atoms with Gasteiger partial charge in [-0.15, -0.1) is 0 Å². The zero-order valence-electron chi connectivity index (χ0n) is 11.1. The molecular formula is C15H18N2O2. The molecule has 0 saturated carbocycles. The third-order valence-electron chi connectivity index (χ3n) is 3.51. The molecule has 0 saturated heterocycles. The summed E-state index contributed by atoms with van der Waals surface area (Å²) in [4.78, 5) is 4.46. The minimum atomic E-state index is 0.523. The number of benzene rings is 1. The maximum absolute atomic E-state index is 5.80. The molecule has 3 rings (SSSR count). The molecule has 0 N–H and O–H groups in total. The van der Waals surface area contributed by atoms with Gasteiger partial charge in [-0.3, -0.25) is 0 Å². The Morgan fingerprint density at radius 2 is 2.16 bits per heavy atom. The third kappa shape index (κ3) is 2.57. The van der Waals surface area contributed by atoms with Gasteiger partial charge in [0.1, 0.15) is 18.1 Å². The van der Waals surface area contributed by atoms with Crippen molar-refractivity contribution in [1.82, 2.24) is 9.55 Å². The topological polar surface area (TPSA) is 36.3 Å². The molecule has 1 aromatic carbocycles. The van der Waals surface area contributed by atoms with Crippen LogP contribution >= 0.6 is 0 Å². The van der Waals surface area contributed by atoms with Crippen LogP contribution in [-0.4, -0.2) is 16.7 Å². The summed E-state index contributed by atoms with van der Waals surface area (Å²) in [6.07, 6.45) is 5.53. The molecule has 19 heavy (non-hydrogen) atoms. The van der Waals surface area contributed by atoms with Gasteiger partial charge in [0.25, 0.3) is 0 Å². The lowest BCUT2D eigenvalue weighted by Crippen LogP contribution is -2.11. The average molecular weight is 258 g/mol. The molecular weight excluding hydrogens is 240 g/mol. The molecule has 4 nitrogen and oxygen atoms in total. The van der Waals surface area contributed by atoms with E-state index in [0.717, 1.165) is 30.2 Å². The van der Waals surface area contributed by atoms with E-state index in [1.807, 2.05) is 30.6 Å². The average Bonchev–Trinajstić information content (AvgIpc) is 2.89. The van der Waals surface area contributed by atoms with Crippen molar-refractivity contribution in [2.24, 2.45) is 0 Å². The van der Waals surface area contributed by atoms with Crippen LogP contribution in [0, 0.1) is 0 Å². The predicted molar refractivity (Wildman–Crippen MR) is 72.5 cm³/mol. The van der Waals surface area contributed by atoms with E-state index in [0.29, 0.717) is 6.61 Å². The molecule has 0 aliphatic carbocycles. The normalized spacial score (nSPS) is 13.9. The second-order valence-electron chi connectivity index (χ2n) is 4.76. The molecule has 0 fully saturated rings. The molecule has 0 atom stereocenters. The van der Waals surface area contributed by atoms with Crippen LogP contribution in [0.2, 0.25) is 0 Å². The second-order valence-corrected chi connectivity index (χ2v) is 4.76. The van der Waals surface area contributed by atoms with Gasteiger partial charge in [0, 0.05) is 18.3 Å². The fourth-order valence-electron chi connectivity index (χ4n) is 2.47. The summed E-state index contributed by atoms with van der Waals surface area (Å²) in [5.74, 6) is 1.63. The molecule has 1 aromatic heterocycles. The number of nitrogens with zero attached hydrogens (tertiary/aromatic N) is 2. The number of ether oxygens (including phenoxy) is 2.